The standard InChI is InChI=1S/C11H9N5O/c12-7-1-2-9-8(5-7)15-11(17)16(9)10-3-4-13-6-14-10/h1-6H,12H2,(H,15,17). The van der Waals surface area contributed by atoms with Gasteiger partial charge in [0, 0.05) is 11.9 Å². The van der Waals surface area contributed by atoms with Gasteiger partial charge < -0.3 is 10.7 Å². The average Bonchev–Trinajstić information content (AvgIpc) is 2.65. The highest BCUT2D eigenvalue weighted by Crippen LogP contribution is 2.16. The van der Waals surface area contributed by atoms with Crippen molar-refractivity contribution in [1.82, 2.24) is 19.5 Å². The third-order valence-electron chi connectivity index (χ3n) is 2.50. The average molecular weight is 227 g/mol. The van der Waals surface area contributed by atoms with E-state index in [-0.39, 0.29) is 5.69 Å². The number of fused-ring (bicyclic) bond motifs is 1. The number of nitrogens with zero attached hydrogens (tertiary/aromatic N) is 3. The summed E-state index contributed by atoms with van der Waals surface area (Å²) >= 11 is 0. The van der Waals surface area contributed by atoms with Crippen LogP contribution in [0.25, 0.3) is 16.9 Å². The van der Waals surface area contributed by atoms with Crippen LogP contribution in [0.4, 0.5) is 5.69 Å². The van der Waals surface area contributed by atoms with Crippen LogP contribution in [0.2, 0.25) is 0 Å². The summed E-state index contributed by atoms with van der Waals surface area (Å²) in [6.07, 6.45) is 2.99. The molecule has 6 nitrogen and oxygen atoms in total. The van der Waals surface area contributed by atoms with Crippen LogP contribution in [0.1, 0.15) is 0 Å². The number of nitrogen functional groups attached to an aromatic ring is 1. The van der Waals surface area contributed by atoms with Crippen LogP contribution in [-0.2, 0) is 0 Å². The Kier molecular flexibility index (Phi) is 1.94. The second-order valence-corrected chi connectivity index (χ2v) is 3.61. The number of hydrogen-bond donors (Lipinski definition) is 2. The highest BCUT2D eigenvalue weighted by Gasteiger charge is 2.09. The summed E-state index contributed by atoms with van der Waals surface area (Å²) in [5, 5.41) is 0. The molecular weight excluding hydrogens is 218 g/mol. The molecule has 0 radical (unpaired) electrons. The smallest absolute Gasteiger partial charge is 0.332 e. The fourth-order valence-corrected chi connectivity index (χ4v) is 1.77. The number of H-pyrrole nitrogens is 1. The van der Waals surface area contributed by atoms with Gasteiger partial charge >= 0.3 is 5.69 Å². The summed E-state index contributed by atoms with van der Waals surface area (Å²) in [7, 11) is 0. The Morgan fingerprint density at radius 2 is 2.18 bits per heavy atom. The van der Waals surface area contributed by atoms with Gasteiger partial charge in [-0.15, -0.1) is 0 Å². The van der Waals surface area contributed by atoms with Crippen LogP contribution in [0.5, 0.6) is 0 Å². The quantitative estimate of drug-likeness (QED) is 0.598. The molecule has 1 aromatic carbocycles. The molecule has 3 rings (SSSR count). The molecule has 0 aliphatic carbocycles. The fourth-order valence-electron chi connectivity index (χ4n) is 1.77. The lowest BCUT2D eigenvalue weighted by molar-refractivity contribution is 0.949. The summed E-state index contributed by atoms with van der Waals surface area (Å²) in [6, 6.07) is 6.91. The van der Waals surface area contributed by atoms with E-state index in [0.29, 0.717) is 17.0 Å². The first-order valence-electron chi connectivity index (χ1n) is 5.02. The van der Waals surface area contributed by atoms with Crippen LogP contribution in [0, 0.1) is 0 Å². The number of aromatic amines is 1. The predicted molar refractivity (Wildman–Crippen MR) is 63.9 cm³/mol. The lowest BCUT2D eigenvalue weighted by Gasteiger charge is -2.01. The Balaban J connectivity index is 2.37. The summed E-state index contributed by atoms with van der Waals surface area (Å²) in [6.45, 7) is 0. The van der Waals surface area contributed by atoms with Gasteiger partial charge in [0.2, 0.25) is 0 Å². The van der Waals surface area contributed by atoms with Crippen LogP contribution in [-0.4, -0.2) is 19.5 Å². The molecule has 0 aliphatic heterocycles. The van der Waals surface area contributed by atoms with Crippen molar-refractivity contribution >= 4 is 16.7 Å². The minimum absolute atomic E-state index is 0.246. The highest BCUT2D eigenvalue weighted by molar-refractivity contribution is 5.80. The SMILES string of the molecule is Nc1ccc2c(c1)[nH]c(=O)n2-c1ccncn1. The highest BCUT2D eigenvalue weighted by atomic mass is 16.1. The molecule has 0 unspecified atom stereocenters. The molecule has 3 N–H and O–H groups in total. The normalized spacial score (nSPS) is 10.8. The first-order chi connectivity index (χ1) is 8.25. The third-order valence-corrected chi connectivity index (χ3v) is 2.50. The van der Waals surface area contributed by atoms with Gasteiger partial charge in [-0.2, -0.15) is 0 Å². The molecule has 0 saturated heterocycles. The Morgan fingerprint density at radius 1 is 1.29 bits per heavy atom. The second-order valence-electron chi connectivity index (χ2n) is 3.61. The van der Waals surface area contributed by atoms with Crippen molar-refractivity contribution in [2.24, 2.45) is 0 Å². The predicted octanol–water partition coefficient (Wildman–Crippen LogP) is 0.691. The van der Waals surface area contributed by atoms with Gasteiger partial charge in [-0.1, -0.05) is 0 Å². The van der Waals surface area contributed by atoms with Crippen LogP contribution < -0.4 is 11.4 Å². The topological polar surface area (TPSA) is 89.6 Å². The zero-order chi connectivity index (χ0) is 11.8. The van der Waals surface area contributed by atoms with E-state index in [1.54, 1.807) is 30.5 Å². The monoisotopic (exact) mass is 227 g/mol. The van der Waals surface area contributed by atoms with Gasteiger partial charge in [-0.05, 0) is 24.3 Å². The van der Waals surface area contributed by atoms with Gasteiger partial charge in [-0.25, -0.2) is 19.3 Å². The lowest BCUT2D eigenvalue weighted by atomic mass is 10.3. The van der Waals surface area contributed by atoms with Crippen LogP contribution in [0.3, 0.4) is 0 Å². The van der Waals surface area contributed by atoms with Crippen molar-refractivity contribution in [1.29, 1.82) is 0 Å². The summed E-state index contributed by atoms with van der Waals surface area (Å²) in [5.41, 5.74) is 7.45. The molecule has 0 atom stereocenters. The van der Waals surface area contributed by atoms with Crippen LogP contribution >= 0.6 is 0 Å². The van der Waals surface area contributed by atoms with Gasteiger partial charge in [0.05, 0.1) is 11.0 Å². The van der Waals surface area contributed by atoms with E-state index in [2.05, 4.69) is 15.0 Å². The van der Waals surface area contributed by atoms with Gasteiger partial charge in [0.25, 0.3) is 0 Å². The van der Waals surface area contributed by atoms with Crippen molar-refractivity contribution < 1.29 is 0 Å². The molecule has 2 aromatic heterocycles. The Bertz CT molecular complexity index is 728. The molecule has 17 heavy (non-hydrogen) atoms. The van der Waals surface area contributed by atoms with E-state index >= 15 is 0 Å². The summed E-state index contributed by atoms with van der Waals surface area (Å²) < 4.78 is 1.48. The van der Waals surface area contributed by atoms with E-state index in [1.165, 1.54) is 10.9 Å². The number of benzene rings is 1. The fraction of sp³-hybridized carbons (Fsp3) is 0. The van der Waals surface area contributed by atoms with Crippen molar-refractivity contribution in [2.45, 2.75) is 0 Å². The molecule has 0 fully saturated rings. The largest absolute Gasteiger partial charge is 0.399 e. The second kappa shape index (κ2) is 3.44. The van der Waals surface area contributed by atoms with E-state index in [9.17, 15) is 4.79 Å². The first-order valence-corrected chi connectivity index (χ1v) is 5.02. The Labute approximate surface area is 95.7 Å². The minimum atomic E-state index is -0.246. The molecule has 0 saturated carbocycles. The van der Waals surface area contributed by atoms with E-state index < -0.39 is 0 Å². The van der Waals surface area contributed by atoms with Gasteiger partial charge in [0.15, 0.2) is 0 Å². The van der Waals surface area contributed by atoms with Gasteiger partial charge in [0.1, 0.15) is 12.1 Å². The molecule has 0 aliphatic rings. The molecular formula is C11H9N5O. The maximum atomic E-state index is 11.9. The number of imidazole rings is 1. The molecule has 2 heterocycles. The number of nitrogens with two attached hydrogens (primary N) is 1. The zero-order valence-electron chi connectivity index (χ0n) is 8.79. The third kappa shape index (κ3) is 1.46. The molecule has 0 bridgehead atoms. The van der Waals surface area contributed by atoms with Crippen LogP contribution in [0.15, 0.2) is 41.6 Å². The first kappa shape index (κ1) is 9.59. The molecule has 84 valence electrons. The number of aromatic nitrogens is 4. The number of hydrogen-bond acceptors (Lipinski definition) is 4. The van der Waals surface area contributed by atoms with Crippen molar-refractivity contribution in [3.63, 3.8) is 0 Å². The van der Waals surface area contributed by atoms with Crippen molar-refractivity contribution in [2.75, 3.05) is 5.73 Å². The Hall–Kier alpha value is -2.63. The van der Waals surface area contributed by atoms with Gasteiger partial charge in [-0.3, -0.25) is 0 Å². The molecule has 6 heteroatoms. The maximum Gasteiger partial charge on any atom is 0.332 e. The summed E-state index contributed by atoms with van der Waals surface area (Å²) in [5.74, 6) is 0.529. The van der Waals surface area contributed by atoms with Crippen molar-refractivity contribution in [3.05, 3.63) is 47.3 Å². The number of rotatable bonds is 1. The van der Waals surface area contributed by atoms with E-state index in [0.717, 1.165) is 5.52 Å². The molecule has 0 amide bonds. The maximum absolute atomic E-state index is 11.9. The zero-order valence-corrected chi connectivity index (χ0v) is 8.79. The van der Waals surface area contributed by atoms with E-state index in [4.69, 9.17) is 5.73 Å². The number of anilines is 1. The molecule has 3 aromatic rings. The lowest BCUT2D eigenvalue weighted by Crippen LogP contribution is -2.15. The summed E-state index contributed by atoms with van der Waals surface area (Å²) in [4.78, 5) is 22.5. The van der Waals surface area contributed by atoms with E-state index in [1.807, 2.05) is 0 Å². The number of nitrogens with one attached hydrogen (secondary N) is 1. The minimum Gasteiger partial charge on any atom is -0.399 e. The Morgan fingerprint density at radius 3 is 2.94 bits per heavy atom. The van der Waals surface area contributed by atoms with Crippen molar-refractivity contribution in [3.8, 4) is 5.82 Å². The molecule has 0 spiro atoms.